The van der Waals surface area contributed by atoms with Gasteiger partial charge in [0, 0.05) is 28.2 Å². The Bertz CT molecular complexity index is 1370. The molecule has 4 aromatic rings. The van der Waals surface area contributed by atoms with Crippen molar-refractivity contribution in [3.8, 4) is 5.75 Å². The number of rotatable bonds is 7. The molecule has 0 heterocycles. The molecule has 0 saturated heterocycles. The Morgan fingerprint density at radius 2 is 1.76 bits per heavy atom. The van der Waals surface area contributed by atoms with Crippen molar-refractivity contribution in [1.29, 1.82) is 0 Å². The van der Waals surface area contributed by atoms with Gasteiger partial charge < -0.3 is 10.1 Å². The van der Waals surface area contributed by atoms with Crippen molar-refractivity contribution >= 4 is 50.4 Å². The highest BCUT2D eigenvalue weighted by Crippen LogP contribution is 2.27. The van der Waals surface area contributed by atoms with E-state index < -0.39 is 0 Å². The van der Waals surface area contributed by atoms with Crippen LogP contribution in [0.15, 0.2) is 94.5 Å². The van der Waals surface area contributed by atoms with Gasteiger partial charge in [-0.1, -0.05) is 64.5 Å². The molecule has 0 bridgehead atoms. The fourth-order valence-electron chi connectivity index (χ4n) is 3.44. The summed E-state index contributed by atoms with van der Waals surface area (Å²) in [7, 11) is 0. The first-order valence-electron chi connectivity index (χ1n) is 10.6. The lowest BCUT2D eigenvalue weighted by atomic mass is 10.0. The average molecular weight is 516 g/mol. The standard InChI is InChI=1S/C27H22BrN3O3/c1-18(32)30-23-7-4-6-21(15-23)27(33)31-29-16-25-24-8-3-2-5-20(24)11-14-26(25)34-17-19-9-12-22(28)13-10-19/h2-16H,17H2,1H3,(H,30,32)(H,31,33)/b29-16-. The lowest BCUT2D eigenvalue weighted by Crippen LogP contribution is -2.18. The van der Waals surface area contributed by atoms with Crippen LogP contribution < -0.4 is 15.5 Å². The first-order chi connectivity index (χ1) is 16.5. The van der Waals surface area contributed by atoms with Crippen molar-refractivity contribution in [2.45, 2.75) is 13.5 Å². The van der Waals surface area contributed by atoms with Crippen LogP contribution in [0.3, 0.4) is 0 Å². The fourth-order valence-corrected chi connectivity index (χ4v) is 3.70. The maximum Gasteiger partial charge on any atom is 0.271 e. The Kier molecular flexibility index (Phi) is 7.34. The molecule has 2 amide bonds. The van der Waals surface area contributed by atoms with Crippen LogP contribution in [0.25, 0.3) is 10.8 Å². The number of hydrogen-bond acceptors (Lipinski definition) is 4. The third-order valence-corrected chi connectivity index (χ3v) is 5.57. The number of amides is 2. The minimum absolute atomic E-state index is 0.206. The average Bonchev–Trinajstić information content (AvgIpc) is 2.84. The molecule has 0 atom stereocenters. The van der Waals surface area contributed by atoms with Gasteiger partial charge in [0.25, 0.3) is 5.91 Å². The van der Waals surface area contributed by atoms with E-state index in [9.17, 15) is 9.59 Å². The third kappa shape index (κ3) is 5.88. The molecule has 170 valence electrons. The SMILES string of the molecule is CC(=O)Nc1cccc(C(=O)N/N=C\c2c(OCc3ccc(Br)cc3)ccc3ccccc23)c1. The van der Waals surface area contributed by atoms with Gasteiger partial charge >= 0.3 is 0 Å². The second-order valence-electron chi connectivity index (χ2n) is 7.57. The van der Waals surface area contributed by atoms with Gasteiger partial charge in [0.2, 0.25) is 5.91 Å². The van der Waals surface area contributed by atoms with Gasteiger partial charge in [-0.3, -0.25) is 9.59 Å². The molecule has 7 heteroatoms. The number of ether oxygens (including phenoxy) is 1. The summed E-state index contributed by atoms with van der Waals surface area (Å²) < 4.78 is 7.11. The molecule has 4 rings (SSSR count). The van der Waals surface area contributed by atoms with E-state index in [0.717, 1.165) is 26.4 Å². The van der Waals surface area contributed by atoms with E-state index in [1.54, 1.807) is 30.5 Å². The van der Waals surface area contributed by atoms with E-state index in [4.69, 9.17) is 4.74 Å². The van der Waals surface area contributed by atoms with Gasteiger partial charge in [-0.15, -0.1) is 0 Å². The van der Waals surface area contributed by atoms with Crippen LogP contribution in [-0.4, -0.2) is 18.0 Å². The lowest BCUT2D eigenvalue weighted by Gasteiger charge is -2.12. The van der Waals surface area contributed by atoms with Crippen LogP contribution in [0.5, 0.6) is 5.75 Å². The normalized spacial score (nSPS) is 10.9. The minimum Gasteiger partial charge on any atom is -0.488 e. The molecule has 0 aliphatic carbocycles. The molecule has 0 aliphatic heterocycles. The summed E-state index contributed by atoms with van der Waals surface area (Å²) in [4.78, 5) is 23.9. The molecular weight excluding hydrogens is 494 g/mol. The van der Waals surface area contributed by atoms with Gasteiger partial charge in [0.15, 0.2) is 0 Å². The molecular formula is C27H22BrN3O3. The summed E-state index contributed by atoms with van der Waals surface area (Å²) in [5.74, 6) is 0.0653. The largest absolute Gasteiger partial charge is 0.488 e. The van der Waals surface area contributed by atoms with Crippen molar-refractivity contribution in [3.05, 3.63) is 106 Å². The van der Waals surface area contributed by atoms with Gasteiger partial charge in [-0.25, -0.2) is 5.43 Å². The number of carbonyl (C=O) groups is 2. The fraction of sp³-hybridized carbons (Fsp3) is 0.0741. The highest BCUT2D eigenvalue weighted by molar-refractivity contribution is 9.10. The van der Waals surface area contributed by atoms with Crippen LogP contribution in [0.2, 0.25) is 0 Å². The Morgan fingerprint density at radius 1 is 0.971 bits per heavy atom. The predicted molar refractivity (Wildman–Crippen MR) is 138 cm³/mol. The molecule has 0 spiro atoms. The van der Waals surface area contributed by atoms with Crippen LogP contribution in [-0.2, 0) is 11.4 Å². The Labute approximate surface area is 205 Å². The third-order valence-electron chi connectivity index (χ3n) is 5.04. The van der Waals surface area contributed by atoms with Crippen molar-refractivity contribution < 1.29 is 14.3 Å². The van der Waals surface area contributed by atoms with Crippen LogP contribution in [0, 0.1) is 0 Å². The smallest absolute Gasteiger partial charge is 0.271 e. The number of nitrogens with zero attached hydrogens (tertiary/aromatic N) is 1. The Balaban J connectivity index is 1.55. The zero-order valence-electron chi connectivity index (χ0n) is 18.4. The van der Waals surface area contributed by atoms with Crippen LogP contribution in [0.1, 0.15) is 28.4 Å². The van der Waals surface area contributed by atoms with Gasteiger partial charge in [-0.2, -0.15) is 5.10 Å². The van der Waals surface area contributed by atoms with Crippen LogP contribution >= 0.6 is 15.9 Å². The van der Waals surface area contributed by atoms with E-state index in [2.05, 4.69) is 31.8 Å². The molecule has 0 saturated carbocycles. The maximum absolute atomic E-state index is 12.6. The summed E-state index contributed by atoms with van der Waals surface area (Å²) in [5, 5.41) is 8.85. The second kappa shape index (κ2) is 10.8. The molecule has 6 nitrogen and oxygen atoms in total. The van der Waals surface area contributed by atoms with Crippen LogP contribution in [0.4, 0.5) is 5.69 Å². The molecule has 34 heavy (non-hydrogen) atoms. The van der Waals surface area contributed by atoms with Gasteiger partial charge in [-0.05, 0) is 52.7 Å². The number of carbonyl (C=O) groups excluding carboxylic acids is 2. The summed E-state index contributed by atoms with van der Waals surface area (Å²) in [6, 6.07) is 26.4. The van der Waals surface area contributed by atoms with E-state index in [1.165, 1.54) is 6.92 Å². The summed E-state index contributed by atoms with van der Waals surface area (Å²) in [6.07, 6.45) is 1.59. The zero-order valence-corrected chi connectivity index (χ0v) is 20.0. The maximum atomic E-state index is 12.6. The number of benzene rings is 4. The molecule has 2 N–H and O–H groups in total. The number of anilines is 1. The number of fused-ring (bicyclic) bond motifs is 1. The monoisotopic (exact) mass is 515 g/mol. The van der Waals surface area contributed by atoms with E-state index in [0.29, 0.717) is 23.6 Å². The Hall–Kier alpha value is -3.97. The van der Waals surface area contributed by atoms with Crippen molar-refractivity contribution in [2.24, 2.45) is 5.10 Å². The lowest BCUT2D eigenvalue weighted by molar-refractivity contribution is -0.114. The minimum atomic E-state index is -0.388. The number of halogens is 1. The first kappa shape index (κ1) is 23.2. The number of nitrogens with one attached hydrogen (secondary N) is 2. The van der Waals surface area contributed by atoms with E-state index >= 15 is 0 Å². The summed E-state index contributed by atoms with van der Waals surface area (Å²) in [5.41, 5.74) is 5.28. The van der Waals surface area contributed by atoms with Crippen molar-refractivity contribution in [1.82, 2.24) is 5.43 Å². The second-order valence-corrected chi connectivity index (χ2v) is 8.49. The van der Waals surface area contributed by atoms with E-state index in [-0.39, 0.29) is 11.8 Å². The Morgan fingerprint density at radius 3 is 2.56 bits per heavy atom. The van der Waals surface area contributed by atoms with Gasteiger partial charge in [0.05, 0.1) is 6.21 Å². The quantitative estimate of drug-likeness (QED) is 0.237. The van der Waals surface area contributed by atoms with Gasteiger partial charge in [0.1, 0.15) is 12.4 Å². The number of hydrogen-bond donors (Lipinski definition) is 2. The molecule has 0 aromatic heterocycles. The van der Waals surface area contributed by atoms with Crippen molar-refractivity contribution in [3.63, 3.8) is 0 Å². The number of hydrazone groups is 1. The first-order valence-corrected chi connectivity index (χ1v) is 11.4. The molecule has 0 aliphatic rings. The predicted octanol–water partition coefficient (Wildman–Crippen LogP) is 5.90. The molecule has 0 radical (unpaired) electrons. The zero-order chi connectivity index (χ0) is 23.9. The topological polar surface area (TPSA) is 79.8 Å². The van der Waals surface area contributed by atoms with E-state index in [1.807, 2.05) is 60.7 Å². The highest BCUT2D eigenvalue weighted by atomic mass is 79.9. The molecule has 0 fully saturated rings. The summed E-state index contributed by atoms with van der Waals surface area (Å²) >= 11 is 3.44. The highest BCUT2D eigenvalue weighted by Gasteiger charge is 2.09. The summed E-state index contributed by atoms with van der Waals surface area (Å²) in [6.45, 7) is 1.81. The molecule has 4 aromatic carbocycles. The van der Waals surface area contributed by atoms with Crippen molar-refractivity contribution in [2.75, 3.05) is 5.32 Å². The molecule has 0 unspecified atom stereocenters.